The second kappa shape index (κ2) is 27.8. The normalized spacial score (nSPS) is 10.2. The molecule has 0 spiro atoms. The van der Waals surface area contributed by atoms with Gasteiger partial charge in [0.05, 0.1) is 20.8 Å². The van der Waals surface area contributed by atoms with E-state index in [1.807, 2.05) is 68.4 Å². The third-order valence-corrected chi connectivity index (χ3v) is 6.67. The molecule has 1 aromatic heterocycles. The molecule has 0 radical (unpaired) electrons. The van der Waals surface area contributed by atoms with Crippen molar-refractivity contribution in [3.05, 3.63) is 89.1 Å². The lowest BCUT2D eigenvalue weighted by molar-refractivity contribution is -0.106. The quantitative estimate of drug-likeness (QED) is 0.124. The summed E-state index contributed by atoms with van der Waals surface area (Å²) in [6, 6.07) is 23.7. The maximum absolute atomic E-state index is 8.81. The number of H-pyrrole nitrogens is 1. The van der Waals surface area contributed by atoms with Crippen LogP contribution in [-0.2, 0) is 4.79 Å². The fourth-order valence-electron chi connectivity index (χ4n) is 4.08. The summed E-state index contributed by atoms with van der Waals surface area (Å²) in [5.74, 6) is 3.73. The van der Waals surface area contributed by atoms with Gasteiger partial charge in [-0.15, -0.1) is 0 Å². The molecule has 258 valence electrons. The molecule has 7 heteroatoms. The number of rotatable bonds is 11. The molecule has 0 bridgehead atoms. The summed E-state index contributed by atoms with van der Waals surface area (Å²) in [6.45, 7) is 15.2. The molecule has 0 amide bonds. The zero-order valence-corrected chi connectivity index (χ0v) is 29.6. The fraction of sp³-hybridized carbons (Fsp3) is 0.462. The van der Waals surface area contributed by atoms with E-state index >= 15 is 0 Å². The molecule has 1 atom stereocenters. The van der Waals surface area contributed by atoms with E-state index in [4.69, 9.17) is 35.7 Å². The minimum atomic E-state index is 0. The lowest BCUT2D eigenvalue weighted by Gasteiger charge is -2.12. The molecule has 4 rings (SSSR count). The van der Waals surface area contributed by atoms with Gasteiger partial charge in [0.2, 0.25) is 0 Å². The Morgan fingerprint density at radius 1 is 0.848 bits per heavy atom. The van der Waals surface area contributed by atoms with Crippen molar-refractivity contribution < 1.29 is 24.1 Å². The van der Waals surface area contributed by atoms with Gasteiger partial charge >= 0.3 is 0 Å². The van der Waals surface area contributed by atoms with Crippen molar-refractivity contribution in [3.63, 3.8) is 0 Å². The van der Waals surface area contributed by atoms with Crippen molar-refractivity contribution in [2.45, 2.75) is 87.5 Å². The maximum atomic E-state index is 8.81. The van der Waals surface area contributed by atoms with Crippen LogP contribution >= 0.6 is 11.6 Å². The summed E-state index contributed by atoms with van der Waals surface area (Å²) in [6.07, 6.45) is 5.10. The molecule has 4 aromatic rings. The van der Waals surface area contributed by atoms with Gasteiger partial charge in [-0.3, -0.25) is 0 Å². The first kappa shape index (κ1) is 44.6. The average molecular weight is 658 g/mol. The molecule has 3 aromatic carbocycles. The third-order valence-electron chi connectivity index (χ3n) is 6.43. The minimum absolute atomic E-state index is 0. The Balaban J connectivity index is 0. The number of hydrogen-bond donors (Lipinski definition) is 2. The molecule has 46 heavy (non-hydrogen) atoms. The van der Waals surface area contributed by atoms with Crippen LogP contribution in [0.2, 0.25) is 5.02 Å². The van der Waals surface area contributed by atoms with Gasteiger partial charge in [-0.1, -0.05) is 85.5 Å². The van der Waals surface area contributed by atoms with Crippen molar-refractivity contribution >= 4 is 28.8 Å². The number of aromatic amines is 1. The monoisotopic (exact) mass is 657 g/mol. The maximum Gasteiger partial charge on any atom is 0.119 e. The summed E-state index contributed by atoms with van der Waals surface area (Å²) >= 11 is 6.06. The van der Waals surface area contributed by atoms with Gasteiger partial charge in [-0.25, -0.2) is 0 Å². The Morgan fingerprint density at radius 3 is 1.80 bits per heavy atom. The number of aromatic nitrogens is 1. The smallest absolute Gasteiger partial charge is 0.119 e. The van der Waals surface area contributed by atoms with Crippen LogP contribution in [0.15, 0.2) is 72.8 Å². The minimum Gasteiger partial charge on any atom is -0.497 e. The van der Waals surface area contributed by atoms with Gasteiger partial charge in [-0.2, -0.15) is 0 Å². The van der Waals surface area contributed by atoms with Gasteiger partial charge in [0.25, 0.3) is 0 Å². The number of fused-ring (bicyclic) bond motifs is 1. The first-order chi connectivity index (χ1) is 21.7. The number of carbonyl (C=O) groups excluding carboxylic acids is 1. The van der Waals surface area contributed by atoms with Crippen LogP contribution < -0.4 is 14.2 Å². The van der Waals surface area contributed by atoms with Gasteiger partial charge in [-0.05, 0) is 91.9 Å². The number of ether oxygens (including phenoxy) is 3. The number of aliphatic hydroxyl groups excluding tert-OH is 1. The highest BCUT2D eigenvalue weighted by atomic mass is 35.5. The zero-order chi connectivity index (χ0) is 34.0. The third kappa shape index (κ3) is 18.5. The molecule has 0 fully saturated rings. The van der Waals surface area contributed by atoms with Crippen LogP contribution in [0.4, 0.5) is 0 Å². The van der Waals surface area contributed by atoms with E-state index in [1.165, 1.54) is 31.0 Å². The van der Waals surface area contributed by atoms with E-state index in [2.05, 4.69) is 50.9 Å². The van der Waals surface area contributed by atoms with Crippen LogP contribution in [0.1, 0.15) is 98.8 Å². The Kier molecular flexibility index (Phi) is 27.0. The van der Waals surface area contributed by atoms with E-state index in [1.54, 1.807) is 14.2 Å². The number of unbranched alkanes of at least 4 members (excludes halogenated alkanes) is 1. The summed E-state index contributed by atoms with van der Waals surface area (Å²) in [5.41, 5.74) is 3.50. The van der Waals surface area contributed by atoms with Crippen LogP contribution in [0.25, 0.3) is 10.9 Å². The Labute approximate surface area is 284 Å². The van der Waals surface area contributed by atoms with Gasteiger partial charge in [0.15, 0.2) is 0 Å². The molecule has 0 aliphatic carbocycles. The van der Waals surface area contributed by atoms with E-state index < -0.39 is 0 Å². The molecule has 0 aliphatic rings. The number of aliphatic hydroxyl groups is 1. The van der Waals surface area contributed by atoms with Crippen molar-refractivity contribution in [1.29, 1.82) is 0 Å². The predicted octanol–water partition coefficient (Wildman–Crippen LogP) is 11.1. The first-order valence-corrected chi connectivity index (χ1v) is 16.3. The van der Waals surface area contributed by atoms with E-state index in [0.717, 1.165) is 58.2 Å². The van der Waals surface area contributed by atoms with Gasteiger partial charge in [0, 0.05) is 34.1 Å². The number of methoxy groups -OCH3 is 2. The number of nitrogens with one attached hydrogen (secondary N) is 1. The second-order valence-electron chi connectivity index (χ2n) is 10.3. The zero-order valence-electron chi connectivity index (χ0n) is 28.9. The van der Waals surface area contributed by atoms with Crippen molar-refractivity contribution in [3.8, 4) is 17.2 Å². The van der Waals surface area contributed by atoms with Crippen LogP contribution in [0.3, 0.4) is 0 Å². The summed E-state index contributed by atoms with van der Waals surface area (Å²) in [7, 11) is 3.28. The lowest BCUT2D eigenvalue weighted by atomic mass is 9.98. The predicted molar refractivity (Wildman–Crippen MR) is 198 cm³/mol. The van der Waals surface area contributed by atoms with Crippen molar-refractivity contribution in [1.82, 2.24) is 4.98 Å². The lowest BCUT2D eigenvalue weighted by Crippen LogP contribution is -2.00. The van der Waals surface area contributed by atoms with E-state index in [9.17, 15) is 0 Å². The van der Waals surface area contributed by atoms with Crippen LogP contribution in [0.5, 0.6) is 17.2 Å². The molecule has 0 saturated carbocycles. The number of halogens is 1. The number of hydrogen-bond acceptors (Lipinski definition) is 5. The second-order valence-corrected chi connectivity index (χ2v) is 10.8. The Bertz CT molecular complexity index is 1250. The first-order valence-electron chi connectivity index (χ1n) is 15.9. The molecular weight excluding hydrogens is 598 g/mol. The molecule has 6 nitrogen and oxygen atoms in total. The summed E-state index contributed by atoms with van der Waals surface area (Å²) in [4.78, 5) is 12.3. The van der Waals surface area contributed by atoms with E-state index in [0.29, 0.717) is 6.61 Å². The highest BCUT2D eigenvalue weighted by Gasteiger charge is 2.12. The number of carbonyl (C=O) groups is 1. The summed E-state index contributed by atoms with van der Waals surface area (Å²) < 4.78 is 15.6. The van der Waals surface area contributed by atoms with Gasteiger partial charge in [0.1, 0.15) is 23.5 Å². The highest BCUT2D eigenvalue weighted by molar-refractivity contribution is 6.31. The molecular formula is C39H60ClNO5. The summed E-state index contributed by atoms with van der Waals surface area (Å²) in [5, 5.41) is 10.7. The SMILES string of the molecule is C.CC.CC(c1ccc(OCCCCO)cc1)c1cc2cc(Cl)ccc2[nH]1.CC=O.CCCC(C)C.COc1ccc(OC)cc1. The largest absolute Gasteiger partial charge is 0.497 e. The highest BCUT2D eigenvalue weighted by Crippen LogP contribution is 2.29. The van der Waals surface area contributed by atoms with Crippen molar-refractivity contribution in [2.75, 3.05) is 27.4 Å². The molecule has 1 heterocycles. The average Bonchev–Trinajstić information content (AvgIpc) is 3.48. The topological polar surface area (TPSA) is 80.8 Å². The molecule has 1 unspecified atom stereocenters. The standard InChI is InChI=1S/C20H22ClNO2.C8H10O2.C6H14.C2H4O.C2H6.CH4/c1-14(20-13-16-12-17(21)6-9-19(16)22-20)15-4-7-18(8-5-15)24-11-3-2-10-23;1-9-7-3-5-8(10-2)6-4-7;1-4-5-6(2)3;1-2-3;1-2;/h4-9,12-14,22-23H,2-3,10-11H2,1H3;3-6H,1-2H3;6H,4-5H2,1-3H3;2H,1H3;1-2H3;1H4. The molecule has 0 aliphatic heterocycles. The Hall–Kier alpha value is -3.48. The molecule has 0 saturated heterocycles. The molecule has 2 N–H and O–H groups in total. The number of aldehydes is 1. The van der Waals surface area contributed by atoms with Crippen LogP contribution in [0, 0.1) is 5.92 Å². The van der Waals surface area contributed by atoms with Crippen LogP contribution in [-0.4, -0.2) is 43.8 Å². The van der Waals surface area contributed by atoms with E-state index in [-0.39, 0.29) is 20.0 Å². The number of benzene rings is 3. The Morgan fingerprint density at radius 2 is 1.37 bits per heavy atom. The van der Waals surface area contributed by atoms with Crippen molar-refractivity contribution in [2.24, 2.45) is 5.92 Å². The van der Waals surface area contributed by atoms with Gasteiger partial charge < -0.3 is 29.1 Å². The fourth-order valence-corrected chi connectivity index (χ4v) is 4.27.